The molecule has 0 bridgehead atoms. The number of methoxy groups -OCH3 is 1. The van der Waals surface area contributed by atoms with Gasteiger partial charge in [-0.15, -0.1) is 0 Å². The van der Waals surface area contributed by atoms with Crippen LogP contribution >= 0.6 is 15.9 Å². The van der Waals surface area contributed by atoms with Gasteiger partial charge < -0.3 is 15.4 Å². The lowest BCUT2D eigenvalue weighted by molar-refractivity contribution is -0.115. The lowest BCUT2D eigenvalue weighted by Gasteiger charge is -2.09. The first-order valence-corrected chi connectivity index (χ1v) is 8.34. The Bertz CT molecular complexity index is 629. The van der Waals surface area contributed by atoms with Crippen LogP contribution in [-0.4, -0.2) is 26.2 Å². The van der Waals surface area contributed by atoms with Gasteiger partial charge in [-0.1, -0.05) is 28.1 Å². The summed E-state index contributed by atoms with van der Waals surface area (Å²) in [5.41, 5.74) is 2.81. The highest BCUT2D eigenvalue weighted by atomic mass is 79.9. The number of hydrogen-bond donors (Lipinski definition) is 2. The Morgan fingerprint density at radius 2 is 1.87 bits per heavy atom. The zero-order valence-electron chi connectivity index (χ0n) is 13.1. The largest absolute Gasteiger partial charge is 0.385 e. The van der Waals surface area contributed by atoms with Crippen LogP contribution in [0.5, 0.6) is 0 Å². The monoisotopic (exact) mass is 376 g/mol. The van der Waals surface area contributed by atoms with E-state index in [2.05, 4.69) is 26.6 Å². The van der Waals surface area contributed by atoms with Crippen molar-refractivity contribution in [1.82, 2.24) is 0 Å². The molecule has 2 aromatic carbocycles. The second-order valence-corrected chi connectivity index (χ2v) is 6.12. The molecular weight excluding hydrogens is 356 g/mol. The molecule has 0 fully saturated rings. The fourth-order valence-electron chi connectivity index (χ4n) is 2.16. The van der Waals surface area contributed by atoms with Gasteiger partial charge >= 0.3 is 0 Å². The average molecular weight is 377 g/mol. The van der Waals surface area contributed by atoms with E-state index in [1.54, 1.807) is 7.11 Å². The van der Waals surface area contributed by atoms with Crippen molar-refractivity contribution in [2.75, 3.05) is 30.9 Å². The molecule has 0 saturated carbocycles. The first-order chi connectivity index (χ1) is 11.2. The zero-order valence-corrected chi connectivity index (χ0v) is 14.7. The first kappa shape index (κ1) is 17.5. The van der Waals surface area contributed by atoms with E-state index in [0.717, 1.165) is 41.0 Å². The van der Waals surface area contributed by atoms with Crippen molar-refractivity contribution in [2.45, 2.75) is 12.8 Å². The summed E-state index contributed by atoms with van der Waals surface area (Å²) in [6, 6.07) is 15.5. The third-order valence-corrected chi connectivity index (χ3v) is 3.77. The highest BCUT2D eigenvalue weighted by Gasteiger charge is 2.04. The minimum atomic E-state index is -0.0242. The number of anilines is 2. The Kier molecular flexibility index (Phi) is 7.10. The van der Waals surface area contributed by atoms with Gasteiger partial charge in [0, 0.05) is 36.1 Å². The molecule has 1 amide bonds. The van der Waals surface area contributed by atoms with Crippen LogP contribution in [0, 0.1) is 0 Å². The van der Waals surface area contributed by atoms with Gasteiger partial charge in [0.2, 0.25) is 5.91 Å². The SMILES string of the molecule is COCCCNc1ccc(NC(=O)Cc2cccc(Br)c2)cc1. The number of amides is 1. The molecule has 0 saturated heterocycles. The predicted molar refractivity (Wildman–Crippen MR) is 97.9 cm³/mol. The summed E-state index contributed by atoms with van der Waals surface area (Å²) in [6.07, 6.45) is 1.32. The van der Waals surface area contributed by atoms with Crippen LogP contribution in [0.2, 0.25) is 0 Å². The number of halogens is 1. The van der Waals surface area contributed by atoms with Crippen LogP contribution < -0.4 is 10.6 Å². The summed E-state index contributed by atoms with van der Waals surface area (Å²) in [4.78, 5) is 12.1. The third kappa shape index (κ3) is 6.42. The predicted octanol–water partition coefficient (Wildman–Crippen LogP) is 4.08. The van der Waals surface area contributed by atoms with Crippen molar-refractivity contribution < 1.29 is 9.53 Å². The number of carbonyl (C=O) groups is 1. The van der Waals surface area contributed by atoms with E-state index in [9.17, 15) is 4.79 Å². The summed E-state index contributed by atoms with van der Waals surface area (Å²) in [5.74, 6) is -0.0242. The molecule has 0 atom stereocenters. The Hall–Kier alpha value is -1.85. The zero-order chi connectivity index (χ0) is 16.5. The van der Waals surface area contributed by atoms with Gasteiger partial charge in [-0.05, 0) is 48.4 Å². The van der Waals surface area contributed by atoms with Crippen molar-refractivity contribution in [2.24, 2.45) is 0 Å². The molecule has 23 heavy (non-hydrogen) atoms. The van der Waals surface area contributed by atoms with E-state index in [1.807, 2.05) is 48.5 Å². The van der Waals surface area contributed by atoms with E-state index in [1.165, 1.54) is 0 Å². The molecule has 2 rings (SSSR count). The highest BCUT2D eigenvalue weighted by Crippen LogP contribution is 2.15. The molecule has 5 heteroatoms. The molecule has 0 aliphatic heterocycles. The Labute approximate surface area is 145 Å². The van der Waals surface area contributed by atoms with Gasteiger partial charge in [0.1, 0.15) is 0 Å². The van der Waals surface area contributed by atoms with Crippen LogP contribution in [0.1, 0.15) is 12.0 Å². The van der Waals surface area contributed by atoms with Crippen LogP contribution in [0.4, 0.5) is 11.4 Å². The van der Waals surface area contributed by atoms with E-state index in [4.69, 9.17) is 4.74 Å². The standard InChI is InChI=1S/C18H21BrN2O2/c1-23-11-3-10-20-16-6-8-17(9-7-16)21-18(22)13-14-4-2-5-15(19)12-14/h2,4-9,12,20H,3,10-11,13H2,1H3,(H,21,22). The molecule has 0 aliphatic carbocycles. The van der Waals surface area contributed by atoms with Crippen molar-refractivity contribution in [3.8, 4) is 0 Å². The number of nitrogens with one attached hydrogen (secondary N) is 2. The maximum atomic E-state index is 12.1. The number of ether oxygens (including phenoxy) is 1. The maximum Gasteiger partial charge on any atom is 0.228 e. The fourth-order valence-corrected chi connectivity index (χ4v) is 2.60. The Balaban J connectivity index is 1.81. The minimum Gasteiger partial charge on any atom is -0.385 e. The van der Waals surface area contributed by atoms with Gasteiger partial charge in [-0.25, -0.2) is 0 Å². The van der Waals surface area contributed by atoms with Gasteiger partial charge in [0.05, 0.1) is 6.42 Å². The highest BCUT2D eigenvalue weighted by molar-refractivity contribution is 9.10. The number of rotatable bonds is 8. The Morgan fingerprint density at radius 1 is 1.13 bits per heavy atom. The summed E-state index contributed by atoms with van der Waals surface area (Å²) in [7, 11) is 1.70. The summed E-state index contributed by atoms with van der Waals surface area (Å²) in [5, 5.41) is 6.22. The number of benzene rings is 2. The summed E-state index contributed by atoms with van der Waals surface area (Å²) >= 11 is 3.41. The molecule has 0 heterocycles. The van der Waals surface area contributed by atoms with Crippen molar-refractivity contribution in [1.29, 1.82) is 0 Å². The number of carbonyl (C=O) groups excluding carboxylic acids is 1. The van der Waals surface area contributed by atoms with Gasteiger partial charge in [-0.3, -0.25) is 4.79 Å². The van der Waals surface area contributed by atoms with Crippen molar-refractivity contribution in [3.05, 3.63) is 58.6 Å². The summed E-state index contributed by atoms with van der Waals surface area (Å²) in [6.45, 7) is 1.61. The molecule has 0 aliphatic rings. The molecular formula is C18H21BrN2O2. The second kappa shape index (κ2) is 9.33. The molecule has 0 radical (unpaired) electrons. The van der Waals surface area contributed by atoms with E-state index in [-0.39, 0.29) is 5.91 Å². The van der Waals surface area contributed by atoms with Crippen molar-refractivity contribution in [3.63, 3.8) is 0 Å². The normalized spacial score (nSPS) is 10.3. The second-order valence-electron chi connectivity index (χ2n) is 5.21. The molecule has 2 aromatic rings. The molecule has 122 valence electrons. The molecule has 0 aromatic heterocycles. The lowest BCUT2D eigenvalue weighted by atomic mass is 10.1. The quantitative estimate of drug-likeness (QED) is 0.682. The molecule has 0 unspecified atom stereocenters. The van der Waals surface area contributed by atoms with Crippen LogP contribution in [0.25, 0.3) is 0 Å². The van der Waals surface area contributed by atoms with Gasteiger partial charge in [-0.2, -0.15) is 0 Å². The minimum absolute atomic E-state index is 0.0242. The molecule has 0 spiro atoms. The average Bonchev–Trinajstić information content (AvgIpc) is 2.53. The van der Waals surface area contributed by atoms with Crippen LogP contribution in [-0.2, 0) is 16.0 Å². The number of hydrogen-bond acceptors (Lipinski definition) is 3. The molecule has 4 nitrogen and oxygen atoms in total. The topological polar surface area (TPSA) is 50.4 Å². The summed E-state index contributed by atoms with van der Waals surface area (Å²) < 4.78 is 5.99. The van der Waals surface area contributed by atoms with E-state index >= 15 is 0 Å². The van der Waals surface area contributed by atoms with Crippen molar-refractivity contribution >= 4 is 33.2 Å². The van der Waals surface area contributed by atoms with E-state index in [0.29, 0.717) is 6.42 Å². The van der Waals surface area contributed by atoms with E-state index < -0.39 is 0 Å². The Morgan fingerprint density at radius 3 is 2.57 bits per heavy atom. The fraction of sp³-hybridized carbons (Fsp3) is 0.278. The lowest BCUT2D eigenvalue weighted by Crippen LogP contribution is -2.14. The van der Waals surface area contributed by atoms with Crippen LogP contribution in [0.15, 0.2) is 53.0 Å². The smallest absolute Gasteiger partial charge is 0.228 e. The van der Waals surface area contributed by atoms with Gasteiger partial charge in [0.25, 0.3) is 0 Å². The molecule has 2 N–H and O–H groups in total. The first-order valence-electron chi connectivity index (χ1n) is 7.54. The van der Waals surface area contributed by atoms with Crippen LogP contribution in [0.3, 0.4) is 0 Å². The maximum absolute atomic E-state index is 12.1. The third-order valence-electron chi connectivity index (χ3n) is 3.28. The van der Waals surface area contributed by atoms with Gasteiger partial charge in [0.15, 0.2) is 0 Å².